The van der Waals surface area contributed by atoms with Crippen LogP contribution in [0, 0.1) is 0 Å². The molecule has 0 aromatic heterocycles. The highest BCUT2D eigenvalue weighted by Gasteiger charge is 2.53. The minimum absolute atomic E-state index is 0.121. The lowest BCUT2D eigenvalue weighted by atomic mass is 9.97. The number of methoxy groups -OCH3 is 1. The lowest BCUT2D eigenvalue weighted by Gasteiger charge is -2.44. The monoisotopic (exact) mass is 560 g/mol. The van der Waals surface area contributed by atoms with Crippen molar-refractivity contribution in [3.05, 3.63) is 24.3 Å². The topological polar surface area (TPSA) is 173 Å². The summed E-state index contributed by atoms with van der Waals surface area (Å²) in [5.74, 6) is -0.523. The highest BCUT2D eigenvalue weighted by Crippen LogP contribution is 2.57. The van der Waals surface area contributed by atoms with E-state index in [0.717, 1.165) is 6.42 Å². The Morgan fingerprint density at radius 2 is 1.89 bits per heavy atom. The van der Waals surface area contributed by atoms with Crippen molar-refractivity contribution in [2.45, 2.75) is 76.2 Å². The van der Waals surface area contributed by atoms with Crippen LogP contribution in [0.3, 0.4) is 0 Å². The molecular formula is C24H37N2O11P. The maximum absolute atomic E-state index is 14.6. The number of esters is 1. The zero-order valence-corrected chi connectivity index (χ0v) is 22.6. The number of amides is 1. The summed E-state index contributed by atoms with van der Waals surface area (Å²) in [6.07, 6.45) is -3.86. The van der Waals surface area contributed by atoms with Gasteiger partial charge >= 0.3 is 13.7 Å². The Balaban J connectivity index is 1.98. The summed E-state index contributed by atoms with van der Waals surface area (Å²) in [7, 11) is -2.99. The molecule has 214 valence electrons. The van der Waals surface area contributed by atoms with Crippen molar-refractivity contribution in [2.75, 3.05) is 26.9 Å². The number of ether oxygens (including phenoxy) is 3. The van der Waals surface area contributed by atoms with Gasteiger partial charge in [-0.15, -0.1) is 0 Å². The fourth-order valence-electron chi connectivity index (χ4n) is 4.35. The summed E-state index contributed by atoms with van der Waals surface area (Å²) >= 11 is 0. The number of nitrogens with zero attached hydrogens (tertiary/aromatic N) is 1. The third kappa shape index (κ3) is 7.23. The molecule has 1 unspecified atom stereocenters. The van der Waals surface area contributed by atoms with E-state index in [9.17, 15) is 29.5 Å². The second kappa shape index (κ2) is 13.7. The van der Waals surface area contributed by atoms with Crippen LogP contribution in [0.1, 0.15) is 39.5 Å². The lowest BCUT2D eigenvalue weighted by Crippen LogP contribution is -2.64. The molecule has 0 bridgehead atoms. The molecule has 0 aliphatic carbocycles. The van der Waals surface area contributed by atoms with Crippen molar-refractivity contribution >= 4 is 19.6 Å². The van der Waals surface area contributed by atoms with Crippen LogP contribution >= 0.6 is 7.75 Å². The smallest absolute Gasteiger partial charge is 0.462 e. The number of aliphatic hydroxyl groups is 3. The Bertz CT molecular complexity index is 979. The van der Waals surface area contributed by atoms with E-state index in [-0.39, 0.29) is 18.9 Å². The van der Waals surface area contributed by atoms with Crippen molar-refractivity contribution < 1.29 is 52.7 Å². The van der Waals surface area contributed by atoms with Gasteiger partial charge in [0, 0.05) is 13.5 Å². The van der Waals surface area contributed by atoms with Crippen molar-refractivity contribution in [1.82, 2.24) is 9.99 Å². The molecule has 1 aromatic carbocycles. The molecule has 4 N–H and O–H groups in total. The fraction of sp³-hybridized carbons (Fsp3) is 0.667. The zero-order valence-electron chi connectivity index (χ0n) is 21.7. The first kappa shape index (κ1) is 30.3. The first-order chi connectivity index (χ1) is 18.1. The molecule has 2 aliphatic heterocycles. The summed E-state index contributed by atoms with van der Waals surface area (Å²) in [6.45, 7) is 2.81. The lowest BCUT2D eigenvalue weighted by molar-refractivity contribution is -0.250. The number of unbranched alkanes of at least 4 members (excludes halogenated alkanes) is 1. The highest BCUT2D eigenvalue weighted by molar-refractivity contribution is 7.51. The van der Waals surface area contributed by atoms with Gasteiger partial charge in [0.05, 0.1) is 20.3 Å². The normalized spacial score (nSPS) is 29.3. The number of aliphatic hydroxyl groups excluding tert-OH is 3. The van der Waals surface area contributed by atoms with Crippen LogP contribution in [0.25, 0.3) is 0 Å². The summed E-state index contributed by atoms with van der Waals surface area (Å²) in [4.78, 5) is 24.8. The Morgan fingerprint density at radius 1 is 1.21 bits per heavy atom. The second-order valence-electron chi connectivity index (χ2n) is 9.11. The Labute approximate surface area is 221 Å². The Morgan fingerprint density at radius 3 is 2.50 bits per heavy atom. The molecule has 0 spiro atoms. The molecule has 1 aromatic rings. The Kier molecular flexibility index (Phi) is 10.9. The van der Waals surface area contributed by atoms with Crippen molar-refractivity contribution in [3.63, 3.8) is 0 Å². The average Bonchev–Trinajstić information content (AvgIpc) is 3.40. The van der Waals surface area contributed by atoms with E-state index in [1.165, 1.54) is 30.8 Å². The first-order valence-corrected chi connectivity index (χ1v) is 14.1. The highest BCUT2D eigenvalue weighted by atomic mass is 31.2. The number of hydrogen-bond acceptors (Lipinski definition) is 11. The van der Waals surface area contributed by atoms with Gasteiger partial charge in [-0.25, -0.2) is 4.57 Å². The molecule has 0 radical (unpaired) electrons. The number of carbonyl (C=O) groups is 2. The summed E-state index contributed by atoms with van der Waals surface area (Å²) in [5.41, 5.74) is 0. The summed E-state index contributed by atoms with van der Waals surface area (Å²) in [5, 5.41) is 33.5. The standard InChI is InChI=1S/C24H37N2O11P/c1-4-5-13-34-23(30)18-7-6-12-26(18)38(32,36-17-10-8-16(33-3)9-11-17)37-22-20(25-15(2)28)24(31)35-19(14-27)21(22)29/h8-11,18-22,24,27,29,31H,4-7,12-14H2,1-3H3,(H,25,28)/t18-,19+,20+,21+,22+,24-,38?/m0/s1. The van der Waals surface area contributed by atoms with Gasteiger partial charge in [-0.3, -0.25) is 14.1 Å². The minimum Gasteiger partial charge on any atom is -0.497 e. The minimum atomic E-state index is -4.48. The number of rotatable bonds is 12. The molecule has 2 saturated heterocycles. The number of carbonyl (C=O) groups excluding carboxylic acids is 2. The van der Waals surface area contributed by atoms with Gasteiger partial charge in [0.25, 0.3) is 0 Å². The molecule has 13 nitrogen and oxygen atoms in total. The fourth-order valence-corrected chi connectivity index (χ4v) is 6.51. The van der Waals surface area contributed by atoms with Gasteiger partial charge < -0.3 is 39.4 Å². The van der Waals surface area contributed by atoms with Crippen LogP contribution in [-0.4, -0.2) is 95.4 Å². The van der Waals surface area contributed by atoms with Gasteiger partial charge in [0.15, 0.2) is 6.29 Å². The van der Waals surface area contributed by atoms with Gasteiger partial charge in [-0.1, -0.05) is 13.3 Å². The van der Waals surface area contributed by atoms with Gasteiger partial charge in [-0.2, -0.15) is 4.67 Å². The molecule has 1 amide bonds. The number of hydrogen-bond donors (Lipinski definition) is 4. The molecule has 2 fully saturated rings. The Hall–Kier alpha value is -2.25. The molecule has 14 heteroatoms. The maximum atomic E-state index is 14.6. The van der Waals surface area contributed by atoms with Crippen LogP contribution in [-0.2, 0) is 28.2 Å². The van der Waals surface area contributed by atoms with Crippen molar-refractivity contribution in [3.8, 4) is 11.5 Å². The molecule has 7 atom stereocenters. The van der Waals surface area contributed by atoms with E-state index >= 15 is 0 Å². The largest absolute Gasteiger partial charge is 0.497 e. The van der Waals surface area contributed by atoms with Crippen LogP contribution in [0.4, 0.5) is 0 Å². The van der Waals surface area contributed by atoms with Crippen LogP contribution in [0.5, 0.6) is 11.5 Å². The van der Waals surface area contributed by atoms with Crippen LogP contribution in [0.2, 0.25) is 0 Å². The van der Waals surface area contributed by atoms with E-state index in [4.69, 9.17) is 23.3 Å². The molecule has 2 heterocycles. The van der Waals surface area contributed by atoms with E-state index in [2.05, 4.69) is 5.32 Å². The van der Waals surface area contributed by atoms with E-state index in [0.29, 0.717) is 25.0 Å². The SMILES string of the molecule is CCCCOC(=O)[C@@H]1CCCN1P(=O)(Oc1ccc(OC)cc1)O[C@H]1[C@H](O)[C@@H](CO)O[C@H](O)[C@@H]1NC(C)=O. The van der Waals surface area contributed by atoms with Crippen molar-refractivity contribution in [1.29, 1.82) is 0 Å². The predicted octanol–water partition coefficient (Wildman–Crippen LogP) is 0.950. The van der Waals surface area contributed by atoms with Gasteiger partial charge in [0.2, 0.25) is 5.91 Å². The predicted molar refractivity (Wildman–Crippen MR) is 133 cm³/mol. The second-order valence-corrected chi connectivity index (χ2v) is 11.0. The summed E-state index contributed by atoms with van der Waals surface area (Å²) < 4.78 is 43.4. The first-order valence-electron chi connectivity index (χ1n) is 12.6. The van der Waals surface area contributed by atoms with Crippen LogP contribution < -0.4 is 14.6 Å². The van der Waals surface area contributed by atoms with Gasteiger partial charge in [0.1, 0.15) is 41.9 Å². The zero-order chi connectivity index (χ0) is 27.9. The molecule has 0 saturated carbocycles. The third-order valence-electron chi connectivity index (χ3n) is 6.33. The van der Waals surface area contributed by atoms with E-state index < -0.39 is 62.9 Å². The molecule has 2 aliphatic rings. The van der Waals surface area contributed by atoms with E-state index in [1.807, 2.05) is 6.92 Å². The quantitative estimate of drug-likeness (QED) is 0.162. The number of nitrogens with one attached hydrogen (secondary N) is 1. The van der Waals surface area contributed by atoms with Crippen molar-refractivity contribution in [2.24, 2.45) is 0 Å². The average molecular weight is 561 g/mol. The number of benzene rings is 1. The van der Waals surface area contributed by atoms with Gasteiger partial charge in [-0.05, 0) is 43.5 Å². The van der Waals surface area contributed by atoms with E-state index in [1.54, 1.807) is 12.1 Å². The maximum Gasteiger partial charge on any atom is 0.462 e. The molecule has 3 rings (SSSR count). The third-order valence-corrected chi connectivity index (χ3v) is 8.39. The summed E-state index contributed by atoms with van der Waals surface area (Å²) in [6, 6.07) is 3.83. The molecular weight excluding hydrogens is 523 g/mol. The molecule has 38 heavy (non-hydrogen) atoms. The van der Waals surface area contributed by atoms with Crippen LogP contribution in [0.15, 0.2) is 24.3 Å².